The van der Waals surface area contributed by atoms with Crippen LogP contribution in [0.3, 0.4) is 0 Å². The number of halogens is 1. The molecule has 0 radical (unpaired) electrons. The third-order valence-corrected chi connectivity index (χ3v) is 4.28. The first-order chi connectivity index (χ1) is 5.86. The van der Waals surface area contributed by atoms with Crippen LogP contribution in [-0.4, -0.2) is 17.4 Å². The quantitative estimate of drug-likeness (QED) is 0.685. The Morgan fingerprint density at radius 1 is 1.00 bits per heavy atom. The summed E-state index contributed by atoms with van der Waals surface area (Å²) < 4.78 is 0. The Bertz CT molecular complexity index is 135. The number of rotatable bonds is 1. The normalized spacial score (nSPS) is 43.2. The molecule has 2 fully saturated rings. The summed E-state index contributed by atoms with van der Waals surface area (Å²) in [6.45, 7) is 1.26. The van der Waals surface area contributed by atoms with Crippen LogP contribution in [0.1, 0.15) is 38.5 Å². The second-order valence-electron chi connectivity index (χ2n) is 4.21. The maximum atomic E-state index is 3.70. The Balaban J connectivity index is 1.80. The van der Waals surface area contributed by atoms with E-state index in [0.717, 1.165) is 16.8 Å². The molecule has 2 heteroatoms. The van der Waals surface area contributed by atoms with Gasteiger partial charge in [-0.3, -0.25) is 0 Å². The lowest BCUT2D eigenvalue weighted by molar-refractivity contribution is 0.294. The molecule has 1 atom stereocenters. The molecule has 0 aromatic carbocycles. The molecule has 1 unspecified atom stereocenters. The van der Waals surface area contributed by atoms with E-state index >= 15 is 0 Å². The van der Waals surface area contributed by atoms with Gasteiger partial charge in [0.1, 0.15) is 0 Å². The zero-order valence-electron chi connectivity index (χ0n) is 7.56. The topological polar surface area (TPSA) is 12.0 Å². The third-order valence-electron chi connectivity index (χ3n) is 3.37. The van der Waals surface area contributed by atoms with Gasteiger partial charge >= 0.3 is 0 Å². The molecule has 1 nitrogen and oxygen atoms in total. The molecule has 1 aliphatic heterocycles. The molecule has 0 bridgehead atoms. The Kier molecular flexibility index (Phi) is 3.08. The van der Waals surface area contributed by atoms with Gasteiger partial charge in [0.25, 0.3) is 0 Å². The minimum absolute atomic E-state index is 0.815. The third kappa shape index (κ3) is 2.02. The second kappa shape index (κ2) is 4.10. The van der Waals surface area contributed by atoms with Crippen LogP contribution in [0.4, 0.5) is 0 Å². The molecule has 2 rings (SSSR count). The van der Waals surface area contributed by atoms with E-state index in [4.69, 9.17) is 0 Å². The standard InChI is InChI=1S/C10H18BrN/c11-9-5-3-8(4-6-9)10-2-1-7-12-10/h8-10,12H,1-7H2. The van der Waals surface area contributed by atoms with Crippen LogP contribution in [0.15, 0.2) is 0 Å². The predicted molar refractivity (Wildman–Crippen MR) is 55.7 cm³/mol. The molecule has 1 heterocycles. The van der Waals surface area contributed by atoms with Gasteiger partial charge in [0.15, 0.2) is 0 Å². The molecular formula is C10H18BrN. The van der Waals surface area contributed by atoms with Crippen LogP contribution in [0.25, 0.3) is 0 Å². The van der Waals surface area contributed by atoms with E-state index in [1.165, 1.54) is 45.1 Å². The van der Waals surface area contributed by atoms with E-state index in [0.29, 0.717) is 0 Å². The SMILES string of the molecule is BrC1CCC(C2CCCN2)CC1. The molecule has 1 saturated heterocycles. The molecule has 1 N–H and O–H groups in total. The maximum absolute atomic E-state index is 3.70. The van der Waals surface area contributed by atoms with Crippen molar-refractivity contribution in [1.29, 1.82) is 0 Å². The monoisotopic (exact) mass is 231 g/mol. The van der Waals surface area contributed by atoms with Gasteiger partial charge in [-0.05, 0) is 51.0 Å². The highest BCUT2D eigenvalue weighted by Gasteiger charge is 2.27. The number of hydrogen-bond acceptors (Lipinski definition) is 1. The highest BCUT2D eigenvalue weighted by Crippen LogP contribution is 2.32. The fraction of sp³-hybridized carbons (Fsp3) is 1.00. The highest BCUT2D eigenvalue weighted by atomic mass is 79.9. The first-order valence-corrected chi connectivity index (χ1v) is 6.15. The summed E-state index contributed by atoms with van der Waals surface area (Å²) in [5.74, 6) is 0.987. The van der Waals surface area contributed by atoms with E-state index in [-0.39, 0.29) is 0 Å². The Morgan fingerprint density at radius 3 is 2.33 bits per heavy atom. The summed E-state index contributed by atoms with van der Waals surface area (Å²) in [5, 5.41) is 3.63. The van der Waals surface area contributed by atoms with Gasteiger partial charge in [0.05, 0.1) is 0 Å². The van der Waals surface area contributed by atoms with Gasteiger partial charge in [-0.25, -0.2) is 0 Å². The first kappa shape index (κ1) is 9.01. The average molecular weight is 232 g/mol. The molecule has 2 aliphatic rings. The van der Waals surface area contributed by atoms with Gasteiger partial charge < -0.3 is 5.32 Å². The summed E-state index contributed by atoms with van der Waals surface area (Å²) >= 11 is 3.70. The summed E-state index contributed by atoms with van der Waals surface area (Å²) in [6.07, 6.45) is 8.49. The Labute approximate surface area is 83.4 Å². The van der Waals surface area contributed by atoms with Crippen LogP contribution < -0.4 is 5.32 Å². The van der Waals surface area contributed by atoms with E-state index < -0.39 is 0 Å². The lowest BCUT2D eigenvalue weighted by atomic mass is 9.83. The molecule has 1 saturated carbocycles. The van der Waals surface area contributed by atoms with E-state index in [1.54, 1.807) is 0 Å². The number of nitrogens with one attached hydrogen (secondary N) is 1. The van der Waals surface area contributed by atoms with Crippen LogP contribution in [-0.2, 0) is 0 Å². The zero-order chi connectivity index (χ0) is 8.39. The molecule has 1 aliphatic carbocycles. The van der Waals surface area contributed by atoms with Crippen molar-refractivity contribution in [2.24, 2.45) is 5.92 Å². The highest BCUT2D eigenvalue weighted by molar-refractivity contribution is 9.09. The van der Waals surface area contributed by atoms with E-state index in [9.17, 15) is 0 Å². The minimum atomic E-state index is 0.815. The zero-order valence-corrected chi connectivity index (χ0v) is 9.15. The summed E-state index contributed by atoms with van der Waals surface area (Å²) in [4.78, 5) is 0.815. The van der Waals surface area contributed by atoms with E-state index in [2.05, 4.69) is 21.2 Å². The lowest BCUT2D eigenvalue weighted by Crippen LogP contribution is -2.33. The van der Waals surface area contributed by atoms with Crippen LogP contribution >= 0.6 is 15.9 Å². The summed E-state index contributed by atoms with van der Waals surface area (Å²) in [7, 11) is 0. The Morgan fingerprint density at radius 2 is 1.75 bits per heavy atom. The molecule has 0 spiro atoms. The van der Waals surface area contributed by atoms with Crippen molar-refractivity contribution in [2.45, 2.75) is 49.4 Å². The van der Waals surface area contributed by atoms with Gasteiger partial charge in [-0.15, -0.1) is 0 Å². The smallest absolute Gasteiger partial charge is 0.0146 e. The first-order valence-electron chi connectivity index (χ1n) is 5.24. The molecular weight excluding hydrogens is 214 g/mol. The van der Waals surface area contributed by atoms with Crippen molar-refractivity contribution < 1.29 is 0 Å². The largest absolute Gasteiger partial charge is 0.314 e. The summed E-state index contributed by atoms with van der Waals surface area (Å²) in [6, 6.07) is 0.866. The van der Waals surface area contributed by atoms with Gasteiger partial charge in [-0.1, -0.05) is 15.9 Å². The van der Waals surface area contributed by atoms with Crippen molar-refractivity contribution in [1.82, 2.24) is 5.32 Å². The predicted octanol–water partition coefficient (Wildman–Crippen LogP) is 2.69. The van der Waals surface area contributed by atoms with Crippen LogP contribution in [0.2, 0.25) is 0 Å². The lowest BCUT2D eigenvalue weighted by Gasteiger charge is -2.29. The molecule has 70 valence electrons. The molecule has 0 amide bonds. The average Bonchev–Trinajstić information content (AvgIpc) is 2.58. The number of alkyl halides is 1. The number of hydrogen-bond donors (Lipinski definition) is 1. The van der Waals surface area contributed by atoms with Crippen molar-refractivity contribution in [3.05, 3.63) is 0 Å². The van der Waals surface area contributed by atoms with Crippen molar-refractivity contribution in [3.63, 3.8) is 0 Å². The van der Waals surface area contributed by atoms with Gasteiger partial charge in [0.2, 0.25) is 0 Å². The molecule has 12 heavy (non-hydrogen) atoms. The van der Waals surface area contributed by atoms with Gasteiger partial charge in [0, 0.05) is 10.9 Å². The van der Waals surface area contributed by atoms with Crippen LogP contribution in [0.5, 0.6) is 0 Å². The second-order valence-corrected chi connectivity index (χ2v) is 5.51. The molecule has 0 aromatic rings. The van der Waals surface area contributed by atoms with Crippen molar-refractivity contribution in [3.8, 4) is 0 Å². The van der Waals surface area contributed by atoms with Gasteiger partial charge in [-0.2, -0.15) is 0 Å². The minimum Gasteiger partial charge on any atom is -0.314 e. The van der Waals surface area contributed by atoms with E-state index in [1.807, 2.05) is 0 Å². The maximum Gasteiger partial charge on any atom is 0.0146 e. The fourth-order valence-corrected chi connectivity index (χ4v) is 3.12. The fourth-order valence-electron chi connectivity index (χ4n) is 2.59. The summed E-state index contributed by atoms with van der Waals surface area (Å²) in [5.41, 5.74) is 0. The van der Waals surface area contributed by atoms with Crippen molar-refractivity contribution >= 4 is 15.9 Å². The Hall–Kier alpha value is 0.440. The van der Waals surface area contributed by atoms with Crippen molar-refractivity contribution in [2.75, 3.05) is 6.54 Å². The van der Waals surface area contributed by atoms with Crippen LogP contribution in [0, 0.1) is 5.92 Å². The molecule has 0 aromatic heterocycles.